The van der Waals surface area contributed by atoms with Crippen molar-refractivity contribution in [2.24, 2.45) is 0 Å². The summed E-state index contributed by atoms with van der Waals surface area (Å²) in [5, 5.41) is 3.43. The average molecular weight is 362 g/mol. The van der Waals surface area contributed by atoms with Gasteiger partial charge >= 0.3 is 5.63 Å². The van der Waals surface area contributed by atoms with Crippen LogP contribution in [-0.4, -0.2) is 11.4 Å². The highest BCUT2D eigenvalue weighted by atomic mass is 79.9. The molecular weight excluding hydrogens is 346 g/mol. The fourth-order valence-corrected chi connectivity index (χ4v) is 2.58. The molecule has 0 saturated heterocycles. The summed E-state index contributed by atoms with van der Waals surface area (Å²) in [5.74, 6) is 2.09. The third kappa shape index (κ3) is 3.07. The van der Waals surface area contributed by atoms with Gasteiger partial charge in [-0.3, -0.25) is 4.79 Å². The topological polar surface area (TPSA) is 59.3 Å². The maximum atomic E-state index is 12.4. The van der Waals surface area contributed by atoms with Gasteiger partial charge in [0, 0.05) is 9.86 Å². The van der Waals surface area contributed by atoms with Gasteiger partial charge in [0.05, 0.1) is 0 Å². The van der Waals surface area contributed by atoms with Crippen LogP contribution >= 0.6 is 15.9 Å². The summed E-state index contributed by atoms with van der Waals surface area (Å²) in [4.78, 5) is 24.4. The minimum Gasteiger partial charge on any atom is -0.422 e. The third-order valence-electron chi connectivity index (χ3n) is 3.78. The second kappa shape index (κ2) is 6.37. The van der Waals surface area contributed by atoms with Crippen LogP contribution in [0.25, 0.3) is 11.0 Å². The zero-order valence-electron chi connectivity index (χ0n) is 12.4. The molecule has 0 bridgehead atoms. The Hall–Kier alpha value is -2.06. The molecule has 4 nitrogen and oxygen atoms in total. The van der Waals surface area contributed by atoms with Crippen molar-refractivity contribution < 1.29 is 9.21 Å². The van der Waals surface area contributed by atoms with E-state index in [1.54, 1.807) is 18.2 Å². The van der Waals surface area contributed by atoms with Gasteiger partial charge in [0.1, 0.15) is 16.7 Å². The maximum Gasteiger partial charge on any atom is 0.349 e. The second-order valence-electron chi connectivity index (χ2n) is 5.02. The van der Waals surface area contributed by atoms with E-state index < -0.39 is 17.1 Å². The van der Waals surface area contributed by atoms with Gasteiger partial charge in [-0.1, -0.05) is 35.7 Å². The fourth-order valence-electron chi connectivity index (χ4n) is 2.20. The Bertz CT molecular complexity index is 813. The molecule has 114 valence electrons. The molecule has 0 fully saturated rings. The Morgan fingerprint density at radius 1 is 1.36 bits per heavy atom. The van der Waals surface area contributed by atoms with E-state index in [4.69, 9.17) is 10.8 Å². The van der Waals surface area contributed by atoms with E-state index >= 15 is 0 Å². The van der Waals surface area contributed by atoms with Crippen molar-refractivity contribution >= 4 is 32.8 Å². The standard InChI is InChI=1S/C17H16BrNO3/c1-4-17(5-2,6-3)19-15(20)13-10-11-9-12(18)7-8-14(11)22-16(13)21/h1,7-10H,5-6H2,2-3H3,(H,19,20). The number of carbonyl (C=O) groups excluding carboxylic acids is 1. The highest BCUT2D eigenvalue weighted by Crippen LogP contribution is 2.20. The van der Waals surface area contributed by atoms with Crippen LogP contribution in [0.4, 0.5) is 0 Å². The predicted octanol–water partition coefficient (Wildman–Crippen LogP) is 3.48. The number of amides is 1. The van der Waals surface area contributed by atoms with Crippen molar-refractivity contribution in [3.8, 4) is 12.3 Å². The number of nitrogens with one attached hydrogen (secondary N) is 1. The zero-order valence-corrected chi connectivity index (χ0v) is 14.0. The molecule has 1 heterocycles. The predicted molar refractivity (Wildman–Crippen MR) is 89.8 cm³/mol. The van der Waals surface area contributed by atoms with Crippen molar-refractivity contribution in [2.45, 2.75) is 32.2 Å². The minimum absolute atomic E-state index is 0.0490. The largest absolute Gasteiger partial charge is 0.422 e. The van der Waals surface area contributed by atoms with Gasteiger partial charge in [-0.25, -0.2) is 4.79 Å². The number of halogens is 1. The molecule has 0 radical (unpaired) electrons. The number of hydrogen-bond acceptors (Lipinski definition) is 3. The summed E-state index contributed by atoms with van der Waals surface area (Å²) in [6.45, 7) is 3.78. The first-order chi connectivity index (χ1) is 10.4. The number of benzene rings is 1. The molecule has 2 rings (SSSR count). The van der Waals surface area contributed by atoms with Crippen LogP contribution in [0, 0.1) is 12.3 Å². The van der Waals surface area contributed by atoms with E-state index in [-0.39, 0.29) is 5.56 Å². The number of carbonyl (C=O) groups is 1. The number of fused-ring (bicyclic) bond motifs is 1. The second-order valence-corrected chi connectivity index (χ2v) is 5.93. The molecule has 1 aromatic carbocycles. The molecule has 0 unspecified atom stereocenters. The molecule has 5 heteroatoms. The lowest BCUT2D eigenvalue weighted by Crippen LogP contribution is -2.47. The first kappa shape index (κ1) is 16.3. The molecule has 0 aliphatic carbocycles. The Balaban J connectivity index is 2.46. The molecule has 1 aromatic heterocycles. The summed E-state index contributed by atoms with van der Waals surface area (Å²) in [5.41, 5.74) is -1.05. The van der Waals surface area contributed by atoms with Crippen LogP contribution in [0.3, 0.4) is 0 Å². The third-order valence-corrected chi connectivity index (χ3v) is 4.27. The van der Waals surface area contributed by atoms with E-state index in [1.807, 2.05) is 13.8 Å². The minimum atomic E-state index is -0.754. The first-order valence-electron chi connectivity index (χ1n) is 6.98. The van der Waals surface area contributed by atoms with Crippen molar-refractivity contribution in [3.63, 3.8) is 0 Å². The summed E-state index contributed by atoms with van der Waals surface area (Å²) >= 11 is 3.35. The molecule has 0 aliphatic rings. The molecule has 1 N–H and O–H groups in total. The molecule has 0 saturated carbocycles. The van der Waals surface area contributed by atoms with E-state index in [2.05, 4.69) is 27.2 Å². The van der Waals surface area contributed by atoms with Gasteiger partial charge in [0.2, 0.25) is 0 Å². The molecular formula is C17H16BrNO3. The van der Waals surface area contributed by atoms with Crippen LogP contribution < -0.4 is 10.9 Å². The number of hydrogen-bond donors (Lipinski definition) is 1. The molecule has 2 aromatic rings. The summed E-state index contributed by atoms with van der Waals surface area (Å²) in [7, 11) is 0. The van der Waals surface area contributed by atoms with Crippen molar-refractivity contribution in [2.75, 3.05) is 0 Å². The molecule has 0 spiro atoms. The maximum absolute atomic E-state index is 12.4. The Kier molecular flexibility index (Phi) is 4.72. The molecule has 1 amide bonds. The van der Waals surface area contributed by atoms with E-state index in [9.17, 15) is 9.59 Å². The zero-order chi connectivity index (χ0) is 16.3. The molecule has 0 atom stereocenters. The number of rotatable bonds is 4. The first-order valence-corrected chi connectivity index (χ1v) is 7.77. The van der Waals surface area contributed by atoms with Crippen LogP contribution in [0.2, 0.25) is 0 Å². The van der Waals surface area contributed by atoms with Crippen LogP contribution in [0.1, 0.15) is 37.0 Å². The normalized spacial score (nSPS) is 11.2. The van der Waals surface area contributed by atoms with E-state index in [0.29, 0.717) is 23.8 Å². The van der Waals surface area contributed by atoms with Crippen molar-refractivity contribution in [1.29, 1.82) is 0 Å². The molecule has 22 heavy (non-hydrogen) atoms. The number of terminal acetylenes is 1. The highest BCUT2D eigenvalue weighted by molar-refractivity contribution is 9.10. The van der Waals surface area contributed by atoms with Crippen LogP contribution in [0.5, 0.6) is 0 Å². The van der Waals surface area contributed by atoms with E-state index in [1.165, 1.54) is 6.07 Å². The Morgan fingerprint density at radius 3 is 2.64 bits per heavy atom. The quantitative estimate of drug-likeness (QED) is 0.669. The smallest absolute Gasteiger partial charge is 0.349 e. The van der Waals surface area contributed by atoms with Gasteiger partial charge in [-0.15, -0.1) is 6.42 Å². The van der Waals surface area contributed by atoms with Gasteiger partial charge in [0.25, 0.3) is 5.91 Å². The SMILES string of the molecule is C#CC(CC)(CC)NC(=O)c1cc2cc(Br)ccc2oc1=O. The Morgan fingerprint density at radius 2 is 2.05 bits per heavy atom. The lowest BCUT2D eigenvalue weighted by atomic mass is 9.93. The van der Waals surface area contributed by atoms with Crippen LogP contribution in [-0.2, 0) is 0 Å². The molecule has 0 aliphatic heterocycles. The van der Waals surface area contributed by atoms with Gasteiger partial charge in [-0.2, -0.15) is 0 Å². The highest BCUT2D eigenvalue weighted by Gasteiger charge is 2.27. The van der Waals surface area contributed by atoms with Crippen molar-refractivity contribution in [3.05, 3.63) is 44.7 Å². The fraction of sp³-hybridized carbons (Fsp3) is 0.294. The van der Waals surface area contributed by atoms with Crippen molar-refractivity contribution in [1.82, 2.24) is 5.32 Å². The van der Waals surface area contributed by atoms with Gasteiger partial charge in [0.15, 0.2) is 0 Å². The van der Waals surface area contributed by atoms with Crippen LogP contribution in [0.15, 0.2) is 37.9 Å². The summed E-state index contributed by atoms with van der Waals surface area (Å²) in [6.07, 6.45) is 6.69. The lowest BCUT2D eigenvalue weighted by Gasteiger charge is -2.26. The average Bonchev–Trinajstić information content (AvgIpc) is 2.52. The Labute approximate surface area is 137 Å². The summed E-state index contributed by atoms with van der Waals surface area (Å²) < 4.78 is 6.03. The lowest BCUT2D eigenvalue weighted by molar-refractivity contribution is 0.0913. The summed E-state index contributed by atoms with van der Waals surface area (Å²) in [6, 6.07) is 6.74. The van der Waals surface area contributed by atoms with Gasteiger partial charge < -0.3 is 9.73 Å². The van der Waals surface area contributed by atoms with E-state index in [0.717, 1.165) is 4.47 Å². The monoisotopic (exact) mass is 361 g/mol. The van der Waals surface area contributed by atoms with Gasteiger partial charge in [-0.05, 0) is 37.1 Å².